The van der Waals surface area contributed by atoms with Crippen LogP contribution in [0.4, 0.5) is 10.3 Å². The molecule has 3 N–H and O–H groups in total. The number of amides is 2. The van der Waals surface area contributed by atoms with Gasteiger partial charge in [0.1, 0.15) is 12.4 Å². The first kappa shape index (κ1) is 26.0. The van der Waals surface area contributed by atoms with Gasteiger partial charge in [-0.25, -0.2) is 14.4 Å². The first-order valence-corrected chi connectivity index (χ1v) is 12.7. The van der Waals surface area contributed by atoms with Crippen LogP contribution in [0.2, 0.25) is 5.02 Å². The first-order valence-electron chi connectivity index (χ1n) is 12.4. The van der Waals surface area contributed by atoms with Crippen LogP contribution in [-0.2, 0) is 16.1 Å². The lowest BCUT2D eigenvalue weighted by Gasteiger charge is -2.23. The van der Waals surface area contributed by atoms with Crippen molar-refractivity contribution in [1.29, 1.82) is 0 Å². The molecule has 0 saturated carbocycles. The minimum Gasteiger partial charge on any atom is -0.394 e. The quantitative estimate of drug-likeness (QED) is 0.402. The number of halogens is 2. The van der Waals surface area contributed by atoms with E-state index in [0.717, 1.165) is 18.4 Å². The molecule has 11 heteroatoms. The lowest BCUT2D eigenvalue weighted by molar-refractivity contribution is -0.122. The minimum absolute atomic E-state index is 0.187. The Morgan fingerprint density at radius 2 is 1.97 bits per heavy atom. The number of carbonyl (C=O) groups is 2. The Morgan fingerprint density at radius 3 is 2.71 bits per heavy atom. The van der Waals surface area contributed by atoms with Gasteiger partial charge in [0, 0.05) is 36.9 Å². The molecule has 2 aromatic carbocycles. The molecule has 0 aliphatic carbocycles. The minimum atomic E-state index is -0.710. The SMILES string of the molecule is O=C(CN1Cc2ccc(-c3nc(NC4CCOCC4)ncc3Cl)cc2C1=O)N[C@H](CO)c1ccc(F)cc1. The van der Waals surface area contributed by atoms with Crippen molar-refractivity contribution in [1.82, 2.24) is 20.2 Å². The summed E-state index contributed by atoms with van der Waals surface area (Å²) in [5.74, 6) is -0.671. The Labute approximate surface area is 224 Å². The van der Waals surface area contributed by atoms with Crippen molar-refractivity contribution in [3.63, 3.8) is 0 Å². The van der Waals surface area contributed by atoms with E-state index in [2.05, 4.69) is 20.6 Å². The summed E-state index contributed by atoms with van der Waals surface area (Å²) in [7, 11) is 0. The van der Waals surface area contributed by atoms with E-state index in [4.69, 9.17) is 16.3 Å². The molecule has 5 rings (SSSR count). The van der Waals surface area contributed by atoms with Crippen LogP contribution in [0.3, 0.4) is 0 Å². The van der Waals surface area contributed by atoms with Crippen LogP contribution < -0.4 is 10.6 Å². The van der Waals surface area contributed by atoms with Crippen LogP contribution in [0.25, 0.3) is 11.3 Å². The number of hydrogen-bond acceptors (Lipinski definition) is 7. The average Bonchev–Trinajstić information content (AvgIpc) is 3.23. The molecule has 0 spiro atoms. The molecule has 2 aliphatic heterocycles. The highest BCUT2D eigenvalue weighted by Crippen LogP contribution is 2.31. The van der Waals surface area contributed by atoms with Crippen molar-refractivity contribution < 1.29 is 23.8 Å². The standard InChI is InChI=1S/C27H27ClFN5O4/c28-22-12-30-27(31-20-7-9-38-10-8-20)33-25(22)17-1-2-18-13-34(26(37)21(18)11-17)14-24(36)32-23(15-35)16-3-5-19(29)6-4-16/h1-6,11-12,20,23,35H,7-10,13-15H2,(H,32,36)(H,30,31,33)/t23-/m1/s1. The largest absolute Gasteiger partial charge is 0.394 e. The molecule has 9 nitrogen and oxygen atoms in total. The molecule has 1 saturated heterocycles. The number of nitrogens with zero attached hydrogens (tertiary/aromatic N) is 3. The Morgan fingerprint density at radius 1 is 1.21 bits per heavy atom. The molecule has 1 aromatic heterocycles. The van der Waals surface area contributed by atoms with E-state index >= 15 is 0 Å². The molecule has 198 valence electrons. The van der Waals surface area contributed by atoms with Crippen molar-refractivity contribution in [2.45, 2.75) is 31.5 Å². The van der Waals surface area contributed by atoms with Crippen LogP contribution in [-0.4, -0.2) is 64.2 Å². The van der Waals surface area contributed by atoms with Crippen molar-refractivity contribution in [2.24, 2.45) is 0 Å². The normalized spacial score (nSPS) is 16.3. The van der Waals surface area contributed by atoms with Gasteiger partial charge in [0.2, 0.25) is 11.9 Å². The molecule has 2 aliphatic rings. The van der Waals surface area contributed by atoms with Gasteiger partial charge >= 0.3 is 0 Å². The zero-order valence-electron chi connectivity index (χ0n) is 20.5. The Hall–Kier alpha value is -3.60. The van der Waals surface area contributed by atoms with Crippen molar-refractivity contribution in [3.8, 4) is 11.3 Å². The maximum atomic E-state index is 13.2. The number of carbonyl (C=O) groups excluding carboxylic acids is 2. The van der Waals surface area contributed by atoms with E-state index in [1.165, 1.54) is 35.4 Å². The lowest BCUT2D eigenvalue weighted by Crippen LogP contribution is -2.40. The van der Waals surface area contributed by atoms with E-state index in [9.17, 15) is 19.1 Å². The smallest absolute Gasteiger partial charge is 0.254 e. The summed E-state index contributed by atoms with van der Waals surface area (Å²) in [6.45, 7) is 1.10. The van der Waals surface area contributed by atoms with Gasteiger partial charge in [-0.1, -0.05) is 35.9 Å². The van der Waals surface area contributed by atoms with Crippen molar-refractivity contribution >= 4 is 29.4 Å². The summed E-state index contributed by atoms with van der Waals surface area (Å²) < 4.78 is 18.6. The number of fused-ring (bicyclic) bond motifs is 1. The van der Waals surface area contributed by atoms with Gasteiger partial charge in [-0.15, -0.1) is 0 Å². The Balaban J connectivity index is 1.27. The monoisotopic (exact) mass is 539 g/mol. The Kier molecular flexibility index (Phi) is 7.82. The first-order chi connectivity index (χ1) is 18.4. The van der Waals surface area contributed by atoms with Gasteiger partial charge in [0.05, 0.1) is 29.6 Å². The summed E-state index contributed by atoms with van der Waals surface area (Å²) in [4.78, 5) is 36.2. The molecule has 1 fully saturated rings. The molecular formula is C27H27ClFN5O4. The summed E-state index contributed by atoms with van der Waals surface area (Å²) in [5.41, 5.74) is 3.00. The maximum absolute atomic E-state index is 13.2. The number of aliphatic hydroxyl groups excluding tert-OH is 1. The number of anilines is 1. The van der Waals surface area contributed by atoms with Crippen LogP contribution in [0, 0.1) is 5.82 Å². The van der Waals surface area contributed by atoms with E-state index < -0.39 is 17.8 Å². The van der Waals surface area contributed by atoms with Gasteiger partial charge in [-0.2, -0.15) is 0 Å². The fourth-order valence-electron chi connectivity index (χ4n) is 4.64. The second-order valence-electron chi connectivity index (χ2n) is 9.31. The van der Waals surface area contributed by atoms with Crippen molar-refractivity contribution in [3.05, 3.63) is 76.2 Å². The van der Waals surface area contributed by atoms with Gasteiger partial charge < -0.3 is 25.4 Å². The molecule has 0 radical (unpaired) electrons. The van der Waals surface area contributed by atoms with Gasteiger partial charge in [-0.05, 0) is 42.2 Å². The summed E-state index contributed by atoms with van der Waals surface area (Å²) in [5, 5.41) is 16.1. The zero-order valence-corrected chi connectivity index (χ0v) is 21.2. The van der Waals surface area contributed by atoms with Crippen LogP contribution in [0.1, 0.15) is 40.4 Å². The van der Waals surface area contributed by atoms with Crippen LogP contribution in [0.15, 0.2) is 48.7 Å². The van der Waals surface area contributed by atoms with E-state index in [1.54, 1.807) is 6.07 Å². The average molecular weight is 540 g/mol. The zero-order chi connectivity index (χ0) is 26.6. The molecule has 1 atom stereocenters. The number of hydrogen-bond donors (Lipinski definition) is 3. The Bertz CT molecular complexity index is 1330. The summed E-state index contributed by atoms with van der Waals surface area (Å²) in [6.07, 6.45) is 3.26. The van der Waals surface area contributed by atoms with E-state index in [0.29, 0.717) is 46.6 Å². The van der Waals surface area contributed by atoms with E-state index in [-0.39, 0.29) is 31.6 Å². The van der Waals surface area contributed by atoms with Crippen LogP contribution in [0.5, 0.6) is 0 Å². The maximum Gasteiger partial charge on any atom is 0.254 e. The number of nitrogens with one attached hydrogen (secondary N) is 2. The summed E-state index contributed by atoms with van der Waals surface area (Å²) in [6, 6.07) is 10.4. The highest BCUT2D eigenvalue weighted by molar-refractivity contribution is 6.33. The number of benzene rings is 2. The molecular weight excluding hydrogens is 513 g/mol. The third-order valence-electron chi connectivity index (χ3n) is 6.69. The second-order valence-corrected chi connectivity index (χ2v) is 9.72. The molecule has 38 heavy (non-hydrogen) atoms. The lowest BCUT2D eigenvalue weighted by atomic mass is 10.0. The third kappa shape index (κ3) is 5.77. The fraction of sp³-hybridized carbons (Fsp3) is 0.333. The molecule has 0 unspecified atom stereocenters. The van der Waals surface area contributed by atoms with Gasteiger partial charge in [0.15, 0.2) is 0 Å². The number of ether oxygens (including phenoxy) is 1. The van der Waals surface area contributed by atoms with Crippen LogP contribution >= 0.6 is 11.6 Å². The third-order valence-corrected chi connectivity index (χ3v) is 6.96. The number of aromatic nitrogens is 2. The van der Waals surface area contributed by atoms with Gasteiger partial charge in [-0.3, -0.25) is 9.59 Å². The molecule has 3 aromatic rings. The summed E-state index contributed by atoms with van der Waals surface area (Å²) >= 11 is 6.42. The molecule has 2 amide bonds. The predicted octanol–water partition coefficient (Wildman–Crippen LogP) is 3.33. The van der Waals surface area contributed by atoms with Gasteiger partial charge in [0.25, 0.3) is 5.91 Å². The highest BCUT2D eigenvalue weighted by Gasteiger charge is 2.30. The fourth-order valence-corrected chi connectivity index (χ4v) is 4.84. The molecule has 0 bridgehead atoms. The predicted molar refractivity (Wildman–Crippen MR) is 139 cm³/mol. The molecule has 3 heterocycles. The second kappa shape index (κ2) is 11.4. The number of rotatable bonds is 8. The van der Waals surface area contributed by atoms with E-state index in [1.807, 2.05) is 12.1 Å². The highest BCUT2D eigenvalue weighted by atomic mass is 35.5. The topological polar surface area (TPSA) is 117 Å². The van der Waals surface area contributed by atoms with Crippen molar-refractivity contribution in [2.75, 3.05) is 31.7 Å². The number of aliphatic hydroxyl groups is 1.